The van der Waals surface area contributed by atoms with E-state index in [2.05, 4.69) is 4.72 Å². The van der Waals surface area contributed by atoms with Crippen LogP contribution in [0.1, 0.15) is 23.6 Å². The van der Waals surface area contributed by atoms with E-state index >= 15 is 0 Å². The van der Waals surface area contributed by atoms with Crippen molar-refractivity contribution in [3.05, 3.63) is 92.0 Å². The van der Waals surface area contributed by atoms with Crippen LogP contribution >= 0.6 is 22.9 Å². The Kier molecular flexibility index (Phi) is 7.14. The summed E-state index contributed by atoms with van der Waals surface area (Å²) in [5.41, 5.74) is 3.90. The van der Waals surface area contributed by atoms with Crippen molar-refractivity contribution in [1.82, 2.24) is 9.29 Å². The molecule has 1 heterocycles. The summed E-state index contributed by atoms with van der Waals surface area (Å²) in [5.74, 6) is 0.697. The zero-order valence-electron chi connectivity index (χ0n) is 19.0. The fourth-order valence-corrected chi connectivity index (χ4v) is 5.91. The molecular formula is C25H25ClN2O4S2. The number of ether oxygens (including phenoxy) is 1. The lowest BCUT2D eigenvalue weighted by atomic mass is 10.1. The maximum absolute atomic E-state index is 13.0. The van der Waals surface area contributed by atoms with Gasteiger partial charge in [-0.05, 0) is 79.9 Å². The van der Waals surface area contributed by atoms with E-state index in [0.717, 1.165) is 22.5 Å². The third-order valence-electron chi connectivity index (χ3n) is 5.54. The molecule has 3 aromatic carbocycles. The molecule has 0 aliphatic rings. The second kappa shape index (κ2) is 9.92. The number of halogens is 1. The minimum absolute atomic E-state index is 0.109. The molecule has 1 N–H and O–H groups in total. The molecule has 34 heavy (non-hydrogen) atoms. The third-order valence-corrected chi connectivity index (χ3v) is 8.32. The molecule has 0 bridgehead atoms. The normalized spacial score (nSPS) is 12.7. The number of benzene rings is 3. The minimum Gasteiger partial charge on any atom is -0.492 e. The lowest BCUT2D eigenvalue weighted by Crippen LogP contribution is -2.36. The lowest BCUT2D eigenvalue weighted by molar-refractivity contribution is 0.287. The second-order valence-electron chi connectivity index (χ2n) is 8.29. The van der Waals surface area contributed by atoms with Crippen LogP contribution in [0.2, 0.25) is 5.02 Å². The van der Waals surface area contributed by atoms with Crippen LogP contribution < -0.4 is 14.3 Å². The van der Waals surface area contributed by atoms with E-state index in [1.54, 1.807) is 35.8 Å². The van der Waals surface area contributed by atoms with Crippen LogP contribution in [-0.2, 0) is 16.6 Å². The molecule has 4 rings (SSSR count). The van der Waals surface area contributed by atoms with E-state index in [1.165, 1.54) is 11.6 Å². The molecule has 0 aliphatic heterocycles. The molecule has 0 spiro atoms. The first-order valence-electron chi connectivity index (χ1n) is 10.7. The van der Waals surface area contributed by atoms with Crippen LogP contribution in [0, 0.1) is 13.8 Å². The maximum Gasteiger partial charge on any atom is 0.308 e. The molecule has 0 fully saturated rings. The van der Waals surface area contributed by atoms with Gasteiger partial charge in [0.15, 0.2) is 0 Å². The van der Waals surface area contributed by atoms with Crippen molar-refractivity contribution < 1.29 is 13.2 Å². The third kappa shape index (κ3) is 5.52. The second-order valence-corrected chi connectivity index (χ2v) is 11.4. The monoisotopic (exact) mass is 516 g/mol. The molecular weight excluding hydrogens is 492 g/mol. The van der Waals surface area contributed by atoms with E-state index < -0.39 is 16.1 Å². The van der Waals surface area contributed by atoms with E-state index in [4.69, 9.17) is 16.3 Å². The predicted octanol–water partition coefficient (Wildman–Crippen LogP) is 5.13. The molecule has 0 saturated heterocycles. The van der Waals surface area contributed by atoms with Crippen LogP contribution in [0.25, 0.3) is 10.2 Å². The number of hydrogen-bond donors (Lipinski definition) is 1. The van der Waals surface area contributed by atoms with Gasteiger partial charge in [-0.25, -0.2) is 13.1 Å². The molecule has 0 radical (unpaired) electrons. The highest BCUT2D eigenvalue weighted by Gasteiger charge is 2.20. The quantitative estimate of drug-likeness (QED) is 0.352. The van der Waals surface area contributed by atoms with Crippen molar-refractivity contribution in [3.8, 4) is 5.75 Å². The number of rotatable bonds is 8. The molecule has 0 amide bonds. The number of sulfonamides is 1. The lowest BCUT2D eigenvalue weighted by Gasteiger charge is -2.16. The Morgan fingerprint density at radius 1 is 1.03 bits per heavy atom. The Bertz CT molecular complexity index is 1490. The van der Waals surface area contributed by atoms with Crippen molar-refractivity contribution in [2.45, 2.75) is 38.3 Å². The van der Waals surface area contributed by atoms with Crippen LogP contribution in [0.3, 0.4) is 0 Å². The zero-order chi connectivity index (χ0) is 24.5. The summed E-state index contributed by atoms with van der Waals surface area (Å²) in [6.45, 7) is 6.34. The van der Waals surface area contributed by atoms with Gasteiger partial charge in [0.05, 0.1) is 27.7 Å². The first-order chi connectivity index (χ1) is 16.1. The summed E-state index contributed by atoms with van der Waals surface area (Å²) < 4.78 is 36.6. The number of aryl methyl sites for hydroxylation is 2. The predicted molar refractivity (Wildman–Crippen MR) is 138 cm³/mol. The Morgan fingerprint density at radius 2 is 1.76 bits per heavy atom. The SMILES string of the molecule is Cc1ccc(OC[C@@H](C)NS(=O)(=O)c2ccc3c(c2)sc(=O)n3Cc2ccc(Cl)cc2)cc1C. The summed E-state index contributed by atoms with van der Waals surface area (Å²) in [5, 5.41) is 0.627. The average Bonchev–Trinajstić information content (AvgIpc) is 3.10. The van der Waals surface area contributed by atoms with Crippen molar-refractivity contribution in [3.63, 3.8) is 0 Å². The minimum atomic E-state index is -3.79. The van der Waals surface area contributed by atoms with Gasteiger partial charge in [-0.3, -0.25) is 9.36 Å². The van der Waals surface area contributed by atoms with E-state index in [-0.39, 0.29) is 16.4 Å². The summed E-state index contributed by atoms with van der Waals surface area (Å²) in [6.07, 6.45) is 0. The number of nitrogens with one attached hydrogen (secondary N) is 1. The van der Waals surface area contributed by atoms with Gasteiger partial charge in [0.2, 0.25) is 10.0 Å². The number of hydrogen-bond acceptors (Lipinski definition) is 5. The highest BCUT2D eigenvalue weighted by atomic mass is 35.5. The molecule has 0 saturated carbocycles. The van der Waals surface area contributed by atoms with E-state index in [9.17, 15) is 13.2 Å². The van der Waals surface area contributed by atoms with Crippen molar-refractivity contribution in [1.29, 1.82) is 0 Å². The smallest absolute Gasteiger partial charge is 0.308 e. The molecule has 178 valence electrons. The Labute approximate surface area is 207 Å². The molecule has 0 aliphatic carbocycles. The molecule has 9 heteroatoms. The Morgan fingerprint density at radius 3 is 2.47 bits per heavy atom. The standard InChI is InChI=1S/C25H25ClN2O4S2/c1-16-4-9-21(12-17(16)2)32-15-18(3)27-34(30,31)22-10-11-23-24(13-22)33-25(29)28(23)14-19-5-7-20(26)8-6-19/h4-13,18,27H,14-15H2,1-3H3/t18-/m1/s1. The molecule has 6 nitrogen and oxygen atoms in total. The molecule has 4 aromatic rings. The van der Waals surface area contributed by atoms with Gasteiger partial charge < -0.3 is 4.74 Å². The fourth-order valence-electron chi connectivity index (χ4n) is 3.53. The first-order valence-corrected chi connectivity index (χ1v) is 13.4. The number of thiazole rings is 1. The zero-order valence-corrected chi connectivity index (χ0v) is 21.4. The Balaban J connectivity index is 1.49. The van der Waals surface area contributed by atoms with Gasteiger partial charge in [-0.2, -0.15) is 0 Å². The summed E-state index contributed by atoms with van der Waals surface area (Å²) >= 11 is 6.97. The highest BCUT2D eigenvalue weighted by Crippen LogP contribution is 2.23. The average molecular weight is 517 g/mol. The molecule has 1 atom stereocenters. The van der Waals surface area contributed by atoms with Crippen LogP contribution in [0.5, 0.6) is 5.75 Å². The number of fused-ring (bicyclic) bond motifs is 1. The topological polar surface area (TPSA) is 77.4 Å². The van der Waals surface area contributed by atoms with Crippen LogP contribution in [0.4, 0.5) is 0 Å². The first kappa shape index (κ1) is 24.5. The number of nitrogens with zero attached hydrogens (tertiary/aromatic N) is 1. The molecule has 1 aromatic heterocycles. The summed E-state index contributed by atoms with van der Waals surface area (Å²) in [6, 6.07) is 17.3. The van der Waals surface area contributed by atoms with Crippen molar-refractivity contribution in [2.75, 3.05) is 6.61 Å². The molecule has 0 unspecified atom stereocenters. The summed E-state index contributed by atoms with van der Waals surface area (Å²) in [7, 11) is -3.79. The fraction of sp³-hybridized carbons (Fsp3) is 0.240. The highest BCUT2D eigenvalue weighted by molar-refractivity contribution is 7.89. The van der Waals surface area contributed by atoms with Gasteiger partial charge in [0, 0.05) is 5.02 Å². The van der Waals surface area contributed by atoms with Crippen molar-refractivity contribution >= 4 is 43.2 Å². The van der Waals surface area contributed by atoms with Gasteiger partial charge >= 0.3 is 4.87 Å². The number of aromatic nitrogens is 1. The van der Waals surface area contributed by atoms with Crippen LogP contribution in [0.15, 0.2) is 70.4 Å². The maximum atomic E-state index is 13.0. The van der Waals surface area contributed by atoms with Crippen LogP contribution in [-0.4, -0.2) is 25.6 Å². The van der Waals surface area contributed by atoms with E-state index in [1.807, 2.05) is 44.2 Å². The van der Waals surface area contributed by atoms with Gasteiger partial charge in [-0.15, -0.1) is 0 Å². The largest absolute Gasteiger partial charge is 0.492 e. The van der Waals surface area contributed by atoms with Gasteiger partial charge in [0.25, 0.3) is 0 Å². The Hall–Kier alpha value is -2.65. The van der Waals surface area contributed by atoms with Crippen molar-refractivity contribution in [2.24, 2.45) is 0 Å². The summed E-state index contributed by atoms with van der Waals surface area (Å²) in [4.78, 5) is 12.5. The van der Waals surface area contributed by atoms with E-state index in [0.29, 0.717) is 27.5 Å². The van der Waals surface area contributed by atoms with Gasteiger partial charge in [-0.1, -0.05) is 41.1 Å². The van der Waals surface area contributed by atoms with Gasteiger partial charge in [0.1, 0.15) is 12.4 Å².